The van der Waals surface area contributed by atoms with Crippen LogP contribution in [0, 0.1) is 5.92 Å². The first-order chi connectivity index (χ1) is 7.47. The summed E-state index contributed by atoms with van der Waals surface area (Å²) in [7, 11) is 0. The van der Waals surface area contributed by atoms with Gasteiger partial charge in [0.25, 0.3) is 0 Å². The first-order valence-electron chi connectivity index (χ1n) is 5.10. The van der Waals surface area contributed by atoms with Crippen LogP contribution in [0.1, 0.15) is 20.8 Å². The summed E-state index contributed by atoms with van der Waals surface area (Å²) in [6.45, 7) is 12.3. The SMILES string of the molecule is C=CC(=O)NC(/C(=C\C)C(C)C)=C(\F)C=C. The van der Waals surface area contributed by atoms with Gasteiger partial charge in [0, 0.05) is 0 Å². The molecule has 0 unspecified atom stereocenters. The third-order valence-electron chi connectivity index (χ3n) is 2.07. The summed E-state index contributed by atoms with van der Waals surface area (Å²) in [5, 5.41) is 2.46. The van der Waals surface area contributed by atoms with Crippen LogP contribution in [-0.4, -0.2) is 5.91 Å². The molecular weight excluding hydrogens is 205 g/mol. The van der Waals surface area contributed by atoms with E-state index >= 15 is 0 Å². The Morgan fingerprint density at radius 1 is 1.31 bits per heavy atom. The van der Waals surface area contributed by atoms with Crippen LogP contribution in [0.15, 0.2) is 48.5 Å². The number of carbonyl (C=O) groups is 1. The highest BCUT2D eigenvalue weighted by molar-refractivity contribution is 5.89. The molecule has 2 nitrogen and oxygen atoms in total. The molecule has 0 aromatic carbocycles. The summed E-state index contributed by atoms with van der Waals surface area (Å²) < 4.78 is 13.6. The number of rotatable bonds is 5. The van der Waals surface area contributed by atoms with Gasteiger partial charge in [-0.05, 0) is 30.6 Å². The van der Waals surface area contributed by atoms with Crippen LogP contribution in [0.5, 0.6) is 0 Å². The molecule has 0 aliphatic carbocycles. The highest BCUT2D eigenvalue weighted by Gasteiger charge is 2.14. The molecule has 0 rings (SSSR count). The molecule has 0 spiro atoms. The van der Waals surface area contributed by atoms with Gasteiger partial charge in [-0.1, -0.05) is 33.1 Å². The molecule has 0 radical (unpaired) electrons. The minimum absolute atomic E-state index is 0.107. The standard InChI is InChI=1S/C13H18FNO/c1-6-10(9(4)5)13(11(14)7-2)15-12(16)8-3/h6-9H,2-3H2,1,4-5H3,(H,15,16)/b10-6-,13-11-. The summed E-state index contributed by atoms with van der Waals surface area (Å²) in [5.41, 5.74) is 0.894. The maximum Gasteiger partial charge on any atom is 0.247 e. The topological polar surface area (TPSA) is 29.1 Å². The number of allylic oxidation sites excluding steroid dienone is 4. The van der Waals surface area contributed by atoms with Crippen LogP contribution in [0.3, 0.4) is 0 Å². The average molecular weight is 223 g/mol. The van der Waals surface area contributed by atoms with E-state index in [-0.39, 0.29) is 11.6 Å². The van der Waals surface area contributed by atoms with E-state index in [4.69, 9.17) is 0 Å². The van der Waals surface area contributed by atoms with E-state index in [1.807, 2.05) is 13.8 Å². The number of carbonyl (C=O) groups excluding carboxylic acids is 1. The molecule has 0 aromatic heterocycles. The molecule has 0 aliphatic heterocycles. The van der Waals surface area contributed by atoms with Gasteiger partial charge in [-0.2, -0.15) is 0 Å². The second-order valence-corrected chi connectivity index (χ2v) is 3.52. The lowest BCUT2D eigenvalue weighted by Gasteiger charge is -2.16. The maximum absolute atomic E-state index is 13.6. The zero-order valence-corrected chi connectivity index (χ0v) is 10.0. The fraction of sp³-hybridized carbons (Fsp3) is 0.308. The zero-order valence-electron chi connectivity index (χ0n) is 10.0. The number of hydrogen-bond acceptors (Lipinski definition) is 1. The van der Waals surface area contributed by atoms with Gasteiger partial charge in [0.2, 0.25) is 5.91 Å². The summed E-state index contributed by atoms with van der Waals surface area (Å²) in [6, 6.07) is 0. The molecule has 0 aromatic rings. The van der Waals surface area contributed by atoms with Crippen LogP contribution < -0.4 is 5.32 Å². The van der Waals surface area contributed by atoms with E-state index in [2.05, 4.69) is 18.5 Å². The van der Waals surface area contributed by atoms with E-state index in [0.29, 0.717) is 0 Å². The van der Waals surface area contributed by atoms with Gasteiger partial charge in [0.15, 0.2) is 0 Å². The van der Waals surface area contributed by atoms with Crippen LogP contribution in [0.4, 0.5) is 4.39 Å². The Bertz CT molecular complexity index is 351. The molecule has 0 aliphatic rings. The van der Waals surface area contributed by atoms with Gasteiger partial charge in [0.1, 0.15) is 5.83 Å². The predicted molar refractivity (Wildman–Crippen MR) is 65.3 cm³/mol. The first-order valence-corrected chi connectivity index (χ1v) is 5.10. The quantitative estimate of drug-likeness (QED) is 0.562. The molecular formula is C13H18FNO. The second-order valence-electron chi connectivity index (χ2n) is 3.52. The molecule has 0 heterocycles. The van der Waals surface area contributed by atoms with Crippen LogP contribution in [0.25, 0.3) is 0 Å². The van der Waals surface area contributed by atoms with Gasteiger partial charge in [-0.25, -0.2) is 4.39 Å². The fourth-order valence-corrected chi connectivity index (χ4v) is 1.31. The van der Waals surface area contributed by atoms with Gasteiger partial charge in [-0.3, -0.25) is 4.79 Å². The summed E-state index contributed by atoms with van der Waals surface area (Å²) in [5.74, 6) is -0.875. The minimum Gasteiger partial charge on any atom is -0.320 e. The maximum atomic E-state index is 13.6. The van der Waals surface area contributed by atoms with Crippen molar-refractivity contribution >= 4 is 5.91 Å². The molecule has 0 saturated carbocycles. The molecule has 1 N–H and O–H groups in total. The number of amides is 1. The van der Waals surface area contributed by atoms with Gasteiger partial charge in [0.05, 0.1) is 5.70 Å². The van der Waals surface area contributed by atoms with Gasteiger partial charge in [-0.15, -0.1) is 0 Å². The lowest BCUT2D eigenvalue weighted by molar-refractivity contribution is -0.115. The molecule has 0 saturated heterocycles. The highest BCUT2D eigenvalue weighted by Crippen LogP contribution is 2.21. The largest absolute Gasteiger partial charge is 0.320 e. The lowest BCUT2D eigenvalue weighted by Crippen LogP contribution is -2.23. The van der Waals surface area contributed by atoms with E-state index in [1.165, 1.54) is 0 Å². The summed E-state index contributed by atoms with van der Waals surface area (Å²) in [4.78, 5) is 11.2. The van der Waals surface area contributed by atoms with Crippen molar-refractivity contribution in [1.29, 1.82) is 0 Å². The molecule has 0 atom stereocenters. The highest BCUT2D eigenvalue weighted by atomic mass is 19.1. The average Bonchev–Trinajstić information content (AvgIpc) is 2.26. The predicted octanol–water partition coefficient (Wildman–Crippen LogP) is 3.26. The van der Waals surface area contributed by atoms with Crippen molar-refractivity contribution in [1.82, 2.24) is 5.32 Å². The molecule has 0 fully saturated rings. The van der Waals surface area contributed by atoms with Crippen molar-refractivity contribution in [2.75, 3.05) is 0 Å². The van der Waals surface area contributed by atoms with Crippen molar-refractivity contribution in [3.05, 3.63) is 48.5 Å². The van der Waals surface area contributed by atoms with E-state index in [0.717, 1.165) is 17.7 Å². The Kier molecular flexibility index (Phi) is 6.08. The monoisotopic (exact) mass is 223 g/mol. The second kappa shape index (κ2) is 6.77. The number of hydrogen-bond donors (Lipinski definition) is 1. The molecule has 16 heavy (non-hydrogen) atoms. The lowest BCUT2D eigenvalue weighted by atomic mass is 9.99. The van der Waals surface area contributed by atoms with Gasteiger partial charge < -0.3 is 5.32 Å². The van der Waals surface area contributed by atoms with E-state index in [9.17, 15) is 9.18 Å². The van der Waals surface area contributed by atoms with Crippen molar-refractivity contribution < 1.29 is 9.18 Å². The fourth-order valence-electron chi connectivity index (χ4n) is 1.31. The Morgan fingerprint density at radius 2 is 1.88 bits per heavy atom. The first kappa shape index (κ1) is 14.4. The zero-order chi connectivity index (χ0) is 12.7. The number of nitrogens with one attached hydrogen (secondary N) is 1. The third-order valence-corrected chi connectivity index (χ3v) is 2.07. The minimum atomic E-state index is -0.544. The Morgan fingerprint density at radius 3 is 2.19 bits per heavy atom. The molecule has 0 bridgehead atoms. The summed E-state index contributed by atoms with van der Waals surface area (Å²) >= 11 is 0. The summed E-state index contributed by atoms with van der Waals surface area (Å²) in [6.07, 6.45) is 3.95. The molecule has 3 heteroatoms. The molecule has 88 valence electrons. The Labute approximate surface area is 96.2 Å². The van der Waals surface area contributed by atoms with Crippen molar-refractivity contribution in [2.45, 2.75) is 20.8 Å². The van der Waals surface area contributed by atoms with Crippen molar-refractivity contribution in [3.63, 3.8) is 0 Å². The third kappa shape index (κ3) is 3.85. The Balaban J connectivity index is 5.34. The normalized spacial score (nSPS) is 13.2. The van der Waals surface area contributed by atoms with E-state index < -0.39 is 11.7 Å². The smallest absolute Gasteiger partial charge is 0.247 e. The molecule has 1 amide bonds. The van der Waals surface area contributed by atoms with Gasteiger partial charge >= 0.3 is 0 Å². The van der Waals surface area contributed by atoms with Crippen LogP contribution in [0.2, 0.25) is 0 Å². The van der Waals surface area contributed by atoms with Crippen LogP contribution >= 0.6 is 0 Å². The van der Waals surface area contributed by atoms with Crippen LogP contribution in [-0.2, 0) is 4.79 Å². The Hall–Kier alpha value is -1.64. The van der Waals surface area contributed by atoms with Crippen molar-refractivity contribution in [2.24, 2.45) is 5.92 Å². The van der Waals surface area contributed by atoms with E-state index in [1.54, 1.807) is 13.0 Å². The number of halogens is 1. The van der Waals surface area contributed by atoms with Crippen molar-refractivity contribution in [3.8, 4) is 0 Å².